The fourth-order valence-electron chi connectivity index (χ4n) is 4.76. The Labute approximate surface area is 248 Å². The largest absolute Gasteiger partial charge is 0.471 e. The molecule has 0 radical (unpaired) electrons. The maximum atomic E-state index is 15.5. The van der Waals surface area contributed by atoms with Crippen molar-refractivity contribution >= 4 is 32.9 Å². The maximum Gasteiger partial charge on any atom is 0.337 e. The zero-order valence-corrected chi connectivity index (χ0v) is 24.1. The van der Waals surface area contributed by atoms with Crippen LogP contribution in [0.4, 0.5) is 8.78 Å². The number of rotatable bonds is 9. The number of fused-ring (bicyclic) bond motifs is 1. The minimum atomic E-state index is -0.622. The van der Waals surface area contributed by atoms with Gasteiger partial charge in [-0.15, -0.1) is 0 Å². The number of imidazole rings is 1. The van der Waals surface area contributed by atoms with Gasteiger partial charge in [0, 0.05) is 35.3 Å². The van der Waals surface area contributed by atoms with E-state index in [-0.39, 0.29) is 41.8 Å². The lowest BCUT2D eigenvalue weighted by atomic mass is 10.0. The molecule has 11 heteroatoms. The number of methoxy groups -OCH3 is 1. The van der Waals surface area contributed by atoms with E-state index in [1.54, 1.807) is 42.6 Å². The molecule has 4 heterocycles. The standard InChI is InChI=1S/C31H25BrF2N4O4/c1-40-31(39)18-5-8-27-28(12-18)38(16-22-9-10-41-22)29(36-27)13-19-11-25(34)23(14-24(19)33)26-3-2-4-30(37-26)42-17-21-7-6-20(32)15-35-21/h2-8,11-12,14-15,22H,9-10,13,16-17H2,1H3/t22-/m0/s1. The van der Waals surface area contributed by atoms with Gasteiger partial charge in [0.05, 0.1) is 47.7 Å². The molecule has 5 aromatic rings. The molecule has 3 aromatic heterocycles. The van der Waals surface area contributed by atoms with Gasteiger partial charge in [0.15, 0.2) is 0 Å². The molecule has 1 atom stereocenters. The van der Waals surface area contributed by atoms with E-state index in [4.69, 9.17) is 14.2 Å². The van der Waals surface area contributed by atoms with Gasteiger partial charge in [-0.1, -0.05) is 6.07 Å². The van der Waals surface area contributed by atoms with Gasteiger partial charge in [0.2, 0.25) is 5.88 Å². The number of hydrogen-bond donors (Lipinski definition) is 0. The average Bonchev–Trinajstić information content (AvgIpc) is 3.31. The van der Waals surface area contributed by atoms with Crippen molar-refractivity contribution in [3.63, 3.8) is 0 Å². The maximum absolute atomic E-state index is 15.5. The Morgan fingerprint density at radius 3 is 2.69 bits per heavy atom. The third kappa shape index (κ3) is 5.88. The van der Waals surface area contributed by atoms with Crippen LogP contribution in [0.5, 0.6) is 5.88 Å². The van der Waals surface area contributed by atoms with Crippen LogP contribution in [0.15, 0.2) is 71.3 Å². The molecule has 0 amide bonds. The summed E-state index contributed by atoms with van der Waals surface area (Å²) in [7, 11) is 1.32. The van der Waals surface area contributed by atoms with Crippen LogP contribution in [0.2, 0.25) is 0 Å². The first-order valence-corrected chi connectivity index (χ1v) is 14.0. The summed E-state index contributed by atoms with van der Waals surface area (Å²) in [5.74, 6) is -0.887. The number of benzene rings is 2. The quantitative estimate of drug-likeness (QED) is 0.176. The average molecular weight is 635 g/mol. The normalized spacial score (nSPS) is 14.5. The molecule has 0 aliphatic carbocycles. The van der Waals surface area contributed by atoms with E-state index in [0.29, 0.717) is 41.3 Å². The fourth-order valence-corrected chi connectivity index (χ4v) is 5.00. The van der Waals surface area contributed by atoms with E-state index in [9.17, 15) is 4.79 Å². The Kier molecular flexibility index (Phi) is 7.94. The number of halogens is 3. The van der Waals surface area contributed by atoms with Gasteiger partial charge in [-0.05, 0) is 76.4 Å². The monoisotopic (exact) mass is 634 g/mol. The highest BCUT2D eigenvalue weighted by atomic mass is 79.9. The minimum Gasteiger partial charge on any atom is -0.471 e. The third-order valence-electron chi connectivity index (χ3n) is 7.07. The lowest BCUT2D eigenvalue weighted by molar-refractivity contribution is -0.0589. The van der Waals surface area contributed by atoms with E-state index in [1.165, 1.54) is 13.2 Å². The molecular weight excluding hydrogens is 610 g/mol. The third-order valence-corrected chi connectivity index (χ3v) is 7.54. The summed E-state index contributed by atoms with van der Waals surface area (Å²) in [5.41, 5.74) is 2.80. The number of ether oxygens (including phenoxy) is 3. The van der Waals surface area contributed by atoms with E-state index >= 15 is 8.78 Å². The lowest BCUT2D eigenvalue weighted by Gasteiger charge is -2.27. The molecule has 8 nitrogen and oxygen atoms in total. The van der Waals surface area contributed by atoms with Gasteiger partial charge < -0.3 is 18.8 Å². The first-order chi connectivity index (χ1) is 20.4. The van der Waals surface area contributed by atoms with Crippen molar-refractivity contribution in [3.05, 3.63) is 106 Å². The zero-order chi connectivity index (χ0) is 29.2. The second kappa shape index (κ2) is 11.9. The summed E-state index contributed by atoms with van der Waals surface area (Å²) in [5, 5.41) is 0. The molecule has 0 N–H and O–H groups in total. The Bertz CT molecular complexity index is 1770. The highest BCUT2D eigenvalue weighted by Crippen LogP contribution is 2.29. The lowest BCUT2D eigenvalue weighted by Crippen LogP contribution is -2.31. The van der Waals surface area contributed by atoms with Crippen LogP contribution >= 0.6 is 15.9 Å². The van der Waals surface area contributed by atoms with Crippen molar-refractivity contribution < 1.29 is 27.8 Å². The van der Waals surface area contributed by atoms with Crippen molar-refractivity contribution in [2.75, 3.05) is 13.7 Å². The molecule has 6 rings (SSSR count). The molecule has 42 heavy (non-hydrogen) atoms. The van der Waals surface area contributed by atoms with Crippen LogP contribution in [0.3, 0.4) is 0 Å². The van der Waals surface area contributed by atoms with Crippen molar-refractivity contribution in [2.45, 2.75) is 32.1 Å². The van der Waals surface area contributed by atoms with E-state index < -0.39 is 17.6 Å². The number of aromatic nitrogens is 4. The molecule has 0 saturated carbocycles. The Morgan fingerprint density at radius 1 is 1.10 bits per heavy atom. The van der Waals surface area contributed by atoms with Crippen LogP contribution < -0.4 is 4.74 Å². The number of esters is 1. The second-order valence-electron chi connectivity index (χ2n) is 9.83. The van der Waals surface area contributed by atoms with Crippen molar-refractivity contribution in [1.29, 1.82) is 0 Å². The van der Waals surface area contributed by atoms with Crippen molar-refractivity contribution in [2.24, 2.45) is 0 Å². The summed E-state index contributed by atoms with van der Waals surface area (Å²) >= 11 is 3.34. The number of hydrogen-bond acceptors (Lipinski definition) is 7. The smallest absolute Gasteiger partial charge is 0.337 e. The first-order valence-electron chi connectivity index (χ1n) is 13.3. The van der Waals surface area contributed by atoms with Crippen LogP contribution in [0, 0.1) is 11.6 Å². The molecule has 1 fully saturated rings. The molecule has 1 aliphatic heterocycles. The van der Waals surface area contributed by atoms with E-state index in [0.717, 1.165) is 17.0 Å². The molecule has 214 valence electrons. The van der Waals surface area contributed by atoms with Gasteiger partial charge in [0.1, 0.15) is 24.1 Å². The Hall–Kier alpha value is -4.22. The second-order valence-corrected chi connectivity index (χ2v) is 10.7. The SMILES string of the molecule is COC(=O)c1ccc2nc(Cc3cc(F)c(-c4cccc(OCc5ccc(Br)cn5)n4)cc3F)n(C[C@@H]3CCO3)c2c1. The predicted octanol–water partition coefficient (Wildman–Crippen LogP) is 6.28. The molecule has 0 unspecified atom stereocenters. The predicted molar refractivity (Wildman–Crippen MR) is 154 cm³/mol. The molecule has 0 bridgehead atoms. The molecule has 2 aromatic carbocycles. The molecule has 1 aliphatic rings. The van der Waals surface area contributed by atoms with Crippen LogP contribution in [0.25, 0.3) is 22.3 Å². The van der Waals surface area contributed by atoms with Gasteiger partial charge in [-0.3, -0.25) is 4.98 Å². The van der Waals surface area contributed by atoms with Crippen LogP contribution in [-0.4, -0.2) is 45.3 Å². The number of carbonyl (C=O) groups is 1. The summed E-state index contributed by atoms with van der Waals surface area (Å²) < 4.78 is 49.9. The molecular formula is C31H25BrF2N4O4. The van der Waals surface area contributed by atoms with Crippen molar-refractivity contribution in [3.8, 4) is 17.1 Å². The fraction of sp³-hybridized carbons (Fsp3) is 0.226. The summed E-state index contributed by atoms with van der Waals surface area (Å²) in [4.78, 5) is 25.5. The number of carbonyl (C=O) groups excluding carboxylic acids is 1. The summed E-state index contributed by atoms with van der Waals surface area (Å²) in [6.07, 6.45) is 2.56. The highest BCUT2D eigenvalue weighted by molar-refractivity contribution is 9.10. The topological polar surface area (TPSA) is 88.4 Å². The van der Waals surface area contributed by atoms with E-state index in [2.05, 4.69) is 30.9 Å². The Balaban J connectivity index is 1.27. The van der Waals surface area contributed by atoms with Crippen LogP contribution in [0.1, 0.15) is 33.9 Å². The number of nitrogens with zero attached hydrogens (tertiary/aromatic N) is 4. The minimum absolute atomic E-state index is 0.0163. The van der Waals surface area contributed by atoms with E-state index in [1.807, 2.05) is 16.7 Å². The molecule has 0 spiro atoms. The van der Waals surface area contributed by atoms with Crippen LogP contribution in [-0.2, 0) is 29.0 Å². The van der Waals surface area contributed by atoms with Gasteiger partial charge >= 0.3 is 5.97 Å². The molecule has 1 saturated heterocycles. The van der Waals surface area contributed by atoms with Gasteiger partial charge in [0.25, 0.3) is 0 Å². The zero-order valence-electron chi connectivity index (χ0n) is 22.5. The summed E-state index contributed by atoms with van der Waals surface area (Å²) in [6, 6.07) is 15.9. The first kappa shape index (κ1) is 27.9. The number of pyridine rings is 2. The van der Waals surface area contributed by atoms with Gasteiger partial charge in [-0.2, -0.15) is 0 Å². The van der Waals surface area contributed by atoms with Gasteiger partial charge in [-0.25, -0.2) is 23.5 Å². The summed E-state index contributed by atoms with van der Waals surface area (Å²) in [6.45, 7) is 1.32. The highest BCUT2D eigenvalue weighted by Gasteiger charge is 2.24. The Morgan fingerprint density at radius 2 is 1.95 bits per heavy atom. The van der Waals surface area contributed by atoms with Crippen molar-refractivity contribution in [1.82, 2.24) is 19.5 Å².